The minimum Gasteiger partial charge on any atom is -0.273 e. The summed E-state index contributed by atoms with van der Waals surface area (Å²) in [5.74, 6) is 0.0299. The minimum atomic E-state index is -0.148. The first-order valence-corrected chi connectivity index (χ1v) is 5.83. The van der Waals surface area contributed by atoms with Crippen molar-refractivity contribution in [3.05, 3.63) is 0 Å². The van der Waals surface area contributed by atoms with E-state index >= 15 is 0 Å². The maximum atomic E-state index is 11.3. The highest BCUT2D eigenvalue weighted by molar-refractivity contribution is 8.23. The predicted molar refractivity (Wildman–Crippen MR) is 59.6 cm³/mol. The number of hydrazine groups is 1. The molecular formula is C8H12N2O2S2. The molecule has 1 rings (SSSR count). The first-order valence-electron chi connectivity index (χ1n) is 4.44. The van der Waals surface area contributed by atoms with Crippen LogP contribution in [0.25, 0.3) is 0 Å². The van der Waals surface area contributed by atoms with Gasteiger partial charge in [0.1, 0.15) is 0 Å². The van der Waals surface area contributed by atoms with Gasteiger partial charge in [0.05, 0.1) is 5.75 Å². The normalized spacial score (nSPS) is 16.2. The van der Waals surface area contributed by atoms with Gasteiger partial charge in [0.2, 0.25) is 5.91 Å². The molecule has 1 heterocycles. The molecule has 0 radical (unpaired) electrons. The van der Waals surface area contributed by atoms with Crippen LogP contribution in [0.1, 0.15) is 26.2 Å². The molecule has 0 aromatic rings. The standard InChI is InChI=1S/C8H12N2O2S2/c1-2-3-4-6(11)9-10-7(12)5-14-8(10)13/h2-5H2,1H3,(H,9,11). The number of unbranched alkanes of at least 4 members (excludes halogenated alkanes) is 1. The van der Waals surface area contributed by atoms with Crippen LogP contribution in [0.3, 0.4) is 0 Å². The number of nitrogens with one attached hydrogen (secondary N) is 1. The molecular weight excluding hydrogens is 220 g/mol. The van der Waals surface area contributed by atoms with Crippen LogP contribution in [0.15, 0.2) is 0 Å². The van der Waals surface area contributed by atoms with E-state index in [-0.39, 0.29) is 11.8 Å². The van der Waals surface area contributed by atoms with E-state index in [1.54, 1.807) is 0 Å². The number of carbonyl (C=O) groups excluding carboxylic acids is 2. The predicted octanol–water partition coefficient (Wildman–Crippen LogP) is 1.07. The second kappa shape index (κ2) is 5.31. The zero-order valence-electron chi connectivity index (χ0n) is 7.91. The van der Waals surface area contributed by atoms with Gasteiger partial charge in [-0.1, -0.05) is 37.3 Å². The van der Waals surface area contributed by atoms with Gasteiger partial charge >= 0.3 is 0 Å². The second-order valence-electron chi connectivity index (χ2n) is 2.92. The molecule has 78 valence electrons. The van der Waals surface area contributed by atoms with Crippen LogP contribution < -0.4 is 5.43 Å². The zero-order valence-corrected chi connectivity index (χ0v) is 9.54. The molecule has 0 spiro atoms. The maximum absolute atomic E-state index is 11.3. The highest BCUT2D eigenvalue weighted by Gasteiger charge is 2.27. The molecule has 1 N–H and O–H groups in total. The Morgan fingerprint density at radius 2 is 2.43 bits per heavy atom. The summed E-state index contributed by atoms with van der Waals surface area (Å²) in [4.78, 5) is 22.5. The Bertz CT molecular complexity index is 252. The van der Waals surface area contributed by atoms with Crippen LogP contribution in [0.5, 0.6) is 0 Å². The van der Waals surface area contributed by atoms with E-state index in [0.29, 0.717) is 16.5 Å². The summed E-state index contributed by atoms with van der Waals surface area (Å²) >= 11 is 6.17. The Kier molecular flexibility index (Phi) is 4.34. The molecule has 0 aliphatic carbocycles. The SMILES string of the molecule is CCCCC(=O)NN1C(=O)CSC1=S. The van der Waals surface area contributed by atoms with Crippen LogP contribution in [0.4, 0.5) is 0 Å². The summed E-state index contributed by atoms with van der Waals surface area (Å²) in [5.41, 5.74) is 2.50. The third-order valence-electron chi connectivity index (χ3n) is 1.74. The summed E-state index contributed by atoms with van der Waals surface area (Å²) < 4.78 is 0.430. The molecule has 6 heteroatoms. The van der Waals surface area contributed by atoms with E-state index in [4.69, 9.17) is 12.2 Å². The van der Waals surface area contributed by atoms with Crippen molar-refractivity contribution in [3.63, 3.8) is 0 Å². The van der Waals surface area contributed by atoms with Crippen molar-refractivity contribution in [2.45, 2.75) is 26.2 Å². The van der Waals surface area contributed by atoms with E-state index in [1.165, 1.54) is 11.8 Å². The summed E-state index contributed by atoms with van der Waals surface area (Å²) in [6.07, 6.45) is 2.22. The van der Waals surface area contributed by atoms with Gasteiger partial charge in [0, 0.05) is 6.42 Å². The minimum absolute atomic E-state index is 0.148. The van der Waals surface area contributed by atoms with E-state index < -0.39 is 0 Å². The van der Waals surface area contributed by atoms with Crippen molar-refractivity contribution in [1.82, 2.24) is 10.4 Å². The Morgan fingerprint density at radius 1 is 1.71 bits per heavy atom. The number of hydrogen-bond acceptors (Lipinski definition) is 4. The molecule has 2 amide bonds. The van der Waals surface area contributed by atoms with Gasteiger partial charge in [-0.05, 0) is 6.42 Å². The van der Waals surface area contributed by atoms with E-state index in [9.17, 15) is 9.59 Å². The van der Waals surface area contributed by atoms with E-state index in [0.717, 1.165) is 17.9 Å². The molecule has 0 saturated carbocycles. The van der Waals surface area contributed by atoms with Crippen molar-refractivity contribution in [2.75, 3.05) is 5.75 Å². The molecule has 1 saturated heterocycles. The topological polar surface area (TPSA) is 49.4 Å². The lowest BCUT2D eigenvalue weighted by molar-refractivity contribution is -0.134. The van der Waals surface area contributed by atoms with Crippen molar-refractivity contribution in [3.8, 4) is 0 Å². The number of rotatable bonds is 4. The number of carbonyl (C=O) groups is 2. The zero-order chi connectivity index (χ0) is 10.6. The molecule has 0 aromatic carbocycles. The fraction of sp³-hybridized carbons (Fsp3) is 0.625. The van der Waals surface area contributed by atoms with Crippen molar-refractivity contribution < 1.29 is 9.59 Å². The van der Waals surface area contributed by atoms with Crippen molar-refractivity contribution in [1.29, 1.82) is 0 Å². The first-order chi connectivity index (χ1) is 6.65. The highest BCUT2D eigenvalue weighted by Crippen LogP contribution is 2.16. The monoisotopic (exact) mass is 232 g/mol. The van der Waals surface area contributed by atoms with Crippen LogP contribution in [0.2, 0.25) is 0 Å². The third-order valence-corrected chi connectivity index (χ3v) is 3.10. The first kappa shape index (κ1) is 11.5. The smallest absolute Gasteiger partial charge is 0.257 e. The second-order valence-corrected chi connectivity index (χ2v) is 4.53. The summed E-state index contributed by atoms with van der Waals surface area (Å²) in [5, 5.41) is 1.16. The van der Waals surface area contributed by atoms with Crippen LogP contribution >= 0.6 is 24.0 Å². The number of thioether (sulfide) groups is 1. The lowest BCUT2D eigenvalue weighted by Crippen LogP contribution is -2.44. The molecule has 0 unspecified atom stereocenters. The molecule has 0 atom stereocenters. The van der Waals surface area contributed by atoms with Crippen LogP contribution in [-0.2, 0) is 9.59 Å². The summed E-state index contributed by atoms with van der Waals surface area (Å²) in [7, 11) is 0. The van der Waals surface area contributed by atoms with Gasteiger partial charge in [-0.15, -0.1) is 0 Å². The summed E-state index contributed by atoms with van der Waals surface area (Å²) in [6.45, 7) is 2.01. The fourth-order valence-corrected chi connectivity index (χ4v) is 1.96. The van der Waals surface area contributed by atoms with Gasteiger partial charge < -0.3 is 0 Å². The van der Waals surface area contributed by atoms with Gasteiger partial charge in [-0.2, -0.15) is 0 Å². The molecule has 1 aliphatic rings. The molecule has 1 aliphatic heterocycles. The van der Waals surface area contributed by atoms with Gasteiger partial charge in [0.25, 0.3) is 5.91 Å². The maximum Gasteiger partial charge on any atom is 0.257 e. The lowest BCUT2D eigenvalue weighted by Gasteiger charge is -2.15. The molecule has 4 nitrogen and oxygen atoms in total. The molecule has 1 fully saturated rings. The average molecular weight is 232 g/mol. The molecule has 0 bridgehead atoms. The average Bonchev–Trinajstić information content (AvgIpc) is 2.46. The quantitative estimate of drug-likeness (QED) is 0.737. The molecule has 0 aromatic heterocycles. The van der Waals surface area contributed by atoms with E-state index in [2.05, 4.69) is 5.43 Å². The third kappa shape index (κ3) is 2.95. The number of amides is 2. The Morgan fingerprint density at radius 3 is 2.93 bits per heavy atom. The largest absolute Gasteiger partial charge is 0.273 e. The Balaban J connectivity index is 2.39. The Hall–Kier alpha value is -0.620. The highest BCUT2D eigenvalue weighted by atomic mass is 32.2. The molecule has 14 heavy (non-hydrogen) atoms. The van der Waals surface area contributed by atoms with Gasteiger partial charge in [-0.25, -0.2) is 5.01 Å². The fourth-order valence-electron chi connectivity index (χ4n) is 0.980. The Labute approximate surface area is 92.4 Å². The van der Waals surface area contributed by atoms with Gasteiger partial charge in [0.15, 0.2) is 4.32 Å². The van der Waals surface area contributed by atoms with Crippen LogP contribution in [-0.4, -0.2) is 26.9 Å². The number of nitrogens with zero attached hydrogens (tertiary/aromatic N) is 1. The summed E-state index contributed by atoms with van der Waals surface area (Å²) in [6, 6.07) is 0. The number of thiocarbonyl (C=S) groups is 1. The van der Waals surface area contributed by atoms with E-state index in [1.807, 2.05) is 6.92 Å². The number of hydrogen-bond donors (Lipinski definition) is 1. The lowest BCUT2D eigenvalue weighted by atomic mass is 10.2. The van der Waals surface area contributed by atoms with Gasteiger partial charge in [-0.3, -0.25) is 15.0 Å². The van der Waals surface area contributed by atoms with Crippen molar-refractivity contribution >= 4 is 40.1 Å². The van der Waals surface area contributed by atoms with Crippen molar-refractivity contribution in [2.24, 2.45) is 0 Å². The van der Waals surface area contributed by atoms with Crippen LogP contribution in [0, 0.1) is 0 Å².